The van der Waals surface area contributed by atoms with Crippen molar-refractivity contribution in [1.29, 1.82) is 0 Å². The van der Waals surface area contributed by atoms with E-state index >= 15 is 0 Å². The number of para-hydroxylation sites is 1. The minimum absolute atomic E-state index is 0.00809. The highest BCUT2D eigenvalue weighted by molar-refractivity contribution is 7.16. The predicted octanol–water partition coefficient (Wildman–Crippen LogP) is 9.77. The first kappa shape index (κ1) is 32.5. The molecule has 2 heterocycles. The maximum Gasteiger partial charge on any atom is 0.225 e. The molecule has 0 unspecified atom stereocenters. The zero-order valence-corrected chi connectivity index (χ0v) is 25.9. The fraction of sp³-hybridized carbons (Fsp3) is 0.794. The molecular weight excluding hydrogens is 502 g/mol. The zero-order chi connectivity index (χ0) is 27.2. The van der Waals surface area contributed by atoms with Crippen molar-refractivity contribution in [2.24, 2.45) is 0 Å². The molecule has 0 spiro atoms. The Hall–Kier alpha value is -1.01. The Morgan fingerprint density at radius 3 is 2.10 bits per heavy atom. The number of ether oxygens (including phenoxy) is 3. The largest absolute Gasteiger partial charge is 0.379 e. The smallest absolute Gasteiger partial charge is 0.225 e. The fourth-order valence-electron chi connectivity index (χ4n) is 5.63. The molecule has 0 saturated carbocycles. The van der Waals surface area contributed by atoms with Crippen LogP contribution in [0.1, 0.15) is 135 Å². The molecular formula is C34H58NO3S+. The van der Waals surface area contributed by atoms with Gasteiger partial charge >= 0.3 is 0 Å². The van der Waals surface area contributed by atoms with E-state index in [1.165, 1.54) is 126 Å². The molecule has 0 radical (unpaired) electrons. The van der Waals surface area contributed by atoms with Crippen molar-refractivity contribution in [3.05, 3.63) is 29.8 Å². The molecule has 1 aliphatic heterocycles. The van der Waals surface area contributed by atoms with Crippen LogP contribution in [0.2, 0.25) is 0 Å². The minimum Gasteiger partial charge on any atom is -0.379 e. The molecule has 0 bridgehead atoms. The Labute approximate surface area is 243 Å². The van der Waals surface area contributed by atoms with Crippen molar-refractivity contribution in [1.82, 2.24) is 0 Å². The summed E-state index contributed by atoms with van der Waals surface area (Å²) < 4.78 is 21.6. The first-order chi connectivity index (χ1) is 19.4. The normalized spacial score (nSPS) is 17.5. The molecule has 39 heavy (non-hydrogen) atoms. The molecule has 2 aromatic rings. The second kappa shape index (κ2) is 21.7. The summed E-state index contributed by atoms with van der Waals surface area (Å²) in [6.07, 6.45) is 27.0. The highest BCUT2D eigenvalue weighted by Crippen LogP contribution is 2.20. The van der Waals surface area contributed by atoms with Crippen LogP contribution >= 0.6 is 11.3 Å². The van der Waals surface area contributed by atoms with E-state index in [4.69, 9.17) is 14.2 Å². The number of hydrogen-bond donors (Lipinski definition) is 0. The van der Waals surface area contributed by atoms with Crippen LogP contribution in [-0.2, 0) is 20.8 Å². The third kappa shape index (κ3) is 14.4. The molecule has 1 saturated heterocycles. The number of rotatable bonds is 25. The number of nitrogens with zero attached hydrogens (tertiary/aromatic N) is 1. The minimum atomic E-state index is -0.00809. The molecule has 1 fully saturated rings. The molecule has 5 heteroatoms. The Morgan fingerprint density at radius 1 is 0.769 bits per heavy atom. The lowest BCUT2D eigenvalue weighted by Gasteiger charge is -2.12. The first-order valence-electron chi connectivity index (χ1n) is 16.6. The number of benzene rings is 1. The van der Waals surface area contributed by atoms with Gasteiger partial charge in [-0.25, -0.2) is 0 Å². The zero-order valence-electron chi connectivity index (χ0n) is 25.1. The van der Waals surface area contributed by atoms with Crippen LogP contribution in [0.25, 0.3) is 10.2 Å². The molecule has 2 atom stereocenters. The lowest BCUT2D eigenvalue weighted by molar-refractivity contribution is -0.667. The number of fused-ring (bicyclic) bond motifs is 1. The molecule has 0 amide bonds. The number of thiazole rings is 1. The van der Waals surface area contributed by atoms with Crippen molar-refractivity contribution in [3.8, 4) is 0 Å². The Bertz CT molecular complexity index is 841. The van der Waals surface area contributed by atoms with Crippen molar-refractivity contribution in [2.45, 2.75) is 154 Å². The quantitative estimate of drug-likeness (QED) is 0.0894. The number of aryl methyl sites for hydroxylation is 1. The lowest BCUT2D eigenvalue weighted by Crippen LogP contribution is -2.31. The first-order valence-corrected chi connectivity index (χ1v) is 17.4. The van der Waals surface area contributed by atoms with Crippen molar-refractivity contribution in [2.75, 3.05) is 19.8 Å². The van der Waals surface area contributed by atoms with Gasteiger partial charge in [0.1, 0.15) is 17.3 Å². The number of aromatic nitrogens is 1. The molecule has 0 N–H and O–H groups in total. The van der Waals surface area contributed by atoms with Crippen LogP contribution in [0.5, 0.6) is 0 Å². The molecule has 4 nitrogen and oxygen atoms in total. The Balaban J connectivity index is 1.03. The van der Waals surface area contributed by atoms with E-state index in [2.05, 4.69) is 41.3 Å². The third-order valence-electron chi connectivity index (χ3n) is 8.08. The van der Waals surface area contributed by atoms with E-state index in [0.29, 0.717) is 13.2 Å². The van der Waals surface area contributed by atoms with Gasteiger partial charge in [0, 0.05) is 19.1 Å². The maximum absolute atomic E-state index is 6.05. The maximum atomic E-state index is 6.05. The summed E-state index contributed by atoms with van der Waals surface area (Å²) in [4.78, 5) is 0. The summed E-state index contributed by atoms with van der Waals surface area (Å²) in [6.45, 7) is 5.60. The van der Waals surface area contributed by atoms with Gasteiger partial charge < -0.3 is 14.2 Å². The van der Waals surface area contributed by atoms with Crippen LogP contribution in [0.4, 0.5) is 0 Å². The van der Waals surface area contributed by atoms with Gasteiger partial charge in [-0.2, -0.15) is 4.57 Å². The van der Waals surface area contributed by atoms with Gasteiger partial charge in [0.15, 0.2) is 6.29 Å². The van der Waals surface area contributed by atoms with Gasteiger partial charge in [0.25, 0.3) is 0 Å². The lowest BCUT2D eigenvalue weighted by atomic mass is 10.0. The summed E-state index contributed by atoms with van der Waals surface area (Å²) in [6, 6.07) is 8.68. The SMILES string of the molecule is CCCCCCCCCCCCCCCCC[C@@H]1OC[C@@H](COCCCCCC[n+]2csc3ccccc32)O1. The van der Waals surface area contributed by atoms with Gasteiger partial charge in [-0.1, -0.05) is 127 Å². The van der Waals surface area contributed by atoms with Crippen LogP contribution in [0.3, 0.4) is 0 Å². The van der Waals surface area contributed by atoms with Crippen molar-refractivity contribution >= 4 is 21.6 Å². The molecule has 1 aromatic carbocycles. The van der Waals surface area contributed by atoms with Gasteiger partial charge in [-0.05, 0) is 31.7 Å². The molecule has 0 aliphatic carbocycles. The van der Waals surface area contributed by atoms with Crippen LogP contribution in [0.15, 0.2) is 29.8 Å². The van der Waals surface area contributed by atoms with E-state index in [1.54, 1.807) is 0 Å². The van der Waals surface area contributed by atoms with Crippen molar-refractivity contribution < 1.29 is 18.8 Å². The Kier molecular flexibility index (Phi) is 18.1. The second-order valence-electron chi connectivity index (χ2n) is 11.6. The van der Waals surface area contributed by atoms with E-state index < -0.39 is 0 Å². The van der Waals surface area contributed by atoms with Gasteiger partial charge in [-0.3, -0.25) is 0 Å². The average Bonchev–Trinajstić information content (AvgIpc) is 3.59. The van der Waals surface area contributed by atoms with E-state index in [-0.39, 0.29) is 12.4 Å². The van der Waals surface area contributed by atoms with Crippen LogP contribution < -0.4 is 4.57 Å². The molecule has 222 valence electrons. The standard InChI is InChI=1S/C34H58NO3S/c1-2-3-4-5-6-7-8-9-10-11-12-13-14-15-18-25-34-37-29-31(38-34)28-36-27-22-17-16-21-26-35-30-39-33-24-20-19-23-32(33)35/h19-20,23-24,30-31,34H,2-18,21-22,25-29H2,1H3/q+1/t31-,34-/m1/s1. The van der Waals surface area contributed by atoms with Gasteiger partial charge in [-0.15, -0.1) is 0 Å². The second-order valence-corrected chi connectivity index (χ2v) is 12.5. The third-order valence-corrected chi connectivity index (χ3v) is 9.04. The van der Waals surface area contributed by atoms with E-state index in [9.17, 15) is 0 Å². The fourth-order valence-corrected chi connectivity index (χ4v) is 6.55. The molecule has 3 rings (SSSR count). The summed E-state index contributed by atoms with van der Waals surface area (Å²) >= 11 is 1.83. The van der Waals surface area contributed by atoms with Crippen LogP contribution in [0, 0.1) is 0 Å². The van der Waals surface area contributed by atoms with Crippen LogP contribution in [-0.4, -0.2) is 32.2 Å². The number of hydrogen-bond acceptors (Lipinski definition) is 4. The van der Waals surface area contributed by atoms with Crippen molar-refractivity contribution in [3.63, 3.8) is 0 Å². The van der Waals surface area contributed by atoms with Gasteiger partial charge in [0.05, 0.1) is 13.2 Å². The highest BCUT2D eigenvalue weighted by atomic mass is 32.1. The summed E-state index contributed by atoms with van der Waals surface area (Å²) in [5.74, 6) is 0. The average molecular weight is 561 g/mol. The summed E-state index contributed by atoms with van der Waals surface area (Å²) in [7, 11) is 0. The summed E-state index contributed by atoms with van der Waals surface area (Å²) in [5.41, 5.74) is 3.62. The van der Waals surface area contributed by atoms with Gasteiger partial charge in [0.2, 0.25) is 11.0 Å². The molecule has 1 aromatic heterocycles. The topological polar surface area (TPSA) is 31.6 Å². The molecule has 1 aliphatic rings. The monoisotopic (exact) mass is 560 g/mol. The number of unbranched alkanes of at least 4 members (excludes halogenated alkanes) is 17. The Morgan fingerprint density at radius 2 is 1.38 bits per heavy atom. The highest BCUT2D eigenvalue weighted by Gasteiger charge is 2.25. The summed E-state index contributed by atoms with van der Waals surface area (Å²) in [5, 5.41) is 0. The van der Waals surface area contributed by atoms with E-state index in [1.807, 2.05) is 11.3 Å². The predicted molar refractivity (Wildman–Crippen MR) is 165 cm³/mol. The van der Waals surface area contributed by atoms with E-state index in [0.717, 1.165) is 26.0 Å².